The molecule has 9 rings (SSSR count). The molecule has 2 fully saturated rings. The number of aliphatic hydroxyl groups is 2. The van der Waals surface area contributed by atoms with Gasteiger partial charge in [-0.25, -0.2) is 39.3 Å². The SMILES string of the molecule is Nc1ncnc2c1ncn2C1O[C@@H]2Cc3cn(nn3)C3[C@@H](O)C(n4cnc5c(N)ncnc54)O[C@@H]3Cc3cn(nn3)C2[C@H]1O. The van der Waals surface area contributed by atoms with Crippen LogP contribution in [-0.4, -0.2) is 104 Å². The molecule has 44 heavy (non-hydrogen) atoms. The number of hydrogen-bond acceptors (Lipinski definition) is 16. The molecular formula is C24H24N16O4. The first-order valence-electron chi connectivity index (χ1n) is 13.8. The molecule has 0 saturated carbocycles. The lowest BCUT2D eigenvalue weighted by Crippen LogP contribution is -2.32. The molecule has 0 aliphatic carbocycles. The van der Waals surface area contributed by atoms with E-state index in [9.17, 15) is 10.2 Å². The van der Waals surface area contributed by atoms with Crippen LogP contribution < -0.4 is 11.5 Å². The molecule has 6 N–H and O–H groups in total. The van der Waals surface area contributed by atoms with Crippen LogP contribution in [0.1, 0.15) is 35.9 Å². The van der Waals surface area contributed by atoms with Gasteiger partial charge in [0.2, 0.25) is 0 Å². The highest BCUT2D eigenvalue weighted by Gasteiger charge is 2.50. The number of ether oxygens (including phenoxy) is 2. The molecule has 20 heteroatoms. The molecule has 0 aromatic carbocycles. The van der Waals surface area contributed by atoms with Crippen LogP contribution in [0, 0.1) is 0 Å². The number of nitrogen functional groups attached to an aromatic ring is 2. The largest absolute Gasteiger partial charge is 0.386 e. The molecule has 6 aromatic rings. The molecule has 224 valence electrons. The highest BCUT2D eigenvalue weighted by Crippen LogP contribution is 2.42. The van der Waals surface area contributed by atoms with Gasteiger partial charge in [0.25, 0.3) is 0 Å². The summed E-state index contributed by atoms with van der Waals surface area (Å²) in [5.41, 5.74) is 14.8. The second kappa shape index (κ2) is 9.16. The van der Waals surface area contributed by atoms with Gasteiger partial charge in [-0.1, -0.05) is 10.4 Å². The van der Waals surface area contributed by atoms with Crippen LogP contribution in [0.3, 0.4) is 0 Å². The van der Waals surface area contributed by atoms with Crippen LogP contribution in [0.25, 0.3) is 22.3 Å². The lowest BCUT2D eigenvalue weighted by atomic mass is 10.0. The third kappa shape index (κ3) is 3.58. The van der Waals surface area contributed by atoms with Crippen molar-refractivity contribution in [3.05, 3.63) is 49.1 Å². The first-order chi connectivity index (χ1) is 21.4. The number of aliphatic hydroxyl groups excluding tert-OH is 2. The zero-order valence-electron chi connectivity index (χ0n) is 22.6. The molecule has 20 nitrogen and oxygen atoms in total. The van der Waals surface area contributed by atoms with Gasteiger partial charge < -0.3 is 31.2 Å². The predicted octanol–water partition coefficient (Wildman–Crippen LogP) is -1.89. The number of aromatic nitrogens is 14. The number of rotatable bonds is 2. The van der Waals surface area contributed by atoms with E-state index < -0.39 is 49.0 Å². The number of nitrogens with two attached hydrogens (primary N) is 2. The van der Waals surface area contributed by atoms with Crippen LogP contribution in [0.2, 0.25) is 0 Å². The predicted molar refractivity (Wildman–Crippen MR) is 145 cm³/mol. The van der Waals surface area contributed by atoms with Crippen molar-refractivity contribution in [2.45, 2.75) is 61.8 Å². The summed E-state index contributed by atoms with van der Waals surface area (Å²) < 4.78 is 19.3. The normalized spacial score (nSPS) is 29.9. The molecule has 9 heterocycles. The van der Waals surface area contributed by atoms with E-state index in [-0.39, 0.29) is 24.5 Å². The minimum Gasteiger partial charge on any atom is -0.386 e. The average Bonchev–Trinajstić information content (AvgIpc) is 3.84. The molecule has 3 aliphatic heterocycles. The molecule has 3 aliphatic rings. The third-order valence-electron chi connectivity index (χ3n) is 8.54. The van der Waals surface area contributed by atoms with Gasteiger partial charge in [-0.05, 0) is 0 Å². The van der Waals surface area contributed by atoms with Gasteiger partial charge in [0.1, 0.15) is 48.0 Å². The minimum atomic E-state index is -1.06. The van der Waals surface area contributed by atoms with E-state index in [1.165, 1.54) is 25.3 Å². The molecule has 4 bridgehead atoms. The number of imidazole rings is 2. The van der Waals surface area contributed by atoms with Gasteiger partial charge in [-0.15, -0.1) is 10.2 Å². The van der Waals surface area contributed by atoms with Gasteiger partial charge in [0.15, 0.2) is 35.4 Å². The molecule has 2 saturated heterocycles. The highest BCUT2D eigenvalue weighted by atomic mass is 16.5. The number of nitrogens with zero attached hydrogens (tertiary/aromatic N) is 14. The Bertz CT molecular complexity index is 1890. The standard InChI is InChI=1S/C24H24N16O4/c25-19-13-21(29-5-27-19)37(7-31-13)23-17(41)15-11(43-23)1-9-3-39(35-33-9)16-12(2-10-4-40(15)36-34-10)44-24(18(16)42)38-8-32-14-20(26)28-6-30-22(14)38/h3-8,11-12,15-18,23-24,41-42H,1-2H2,(H2,25,27,29)(H2,26,28,30)/t11-,12-,15?,16?,17-,18-,23?,24?/m1/s1. The van der Waals surface area contributed by atoms with E-state index in [1.807, 2.05) is 0 Å². The molecule has 0 spiro atoms. The molecule has 0 radical (unpaired) electrons. The summed E-state index contributed by atoms with van der Waals surface area (Å²) in [7, 11) is 0. The zero-order chi connectivity index (χ0) is 29.7. The van der Waals surface area contributed by atoms with Gasteiger partial charge >= 0.3 is 0 Å². The molecule has 8 atom stereocenters. The summed E-state index contributed by atoms with van der Waals surface area (Å²) in [5, 5.41) is 40.7. The van der Waals surface area contributed by atoms with Crippen LogP contribution in [0.4, 0.5) is 11.6 Å². The summed E-state index contributed by atoms with van der Waals surface area (Å²) in [6.45, 7) is 0. The van der Waals surface area contributed by atoms with Crippen molar-refractivity contribution in [3.63, 3.8) is 0 Å². The van der Waals surface area contributed by atoms with E-state index in [1.54, 1.807) is 30.9 Å². The maximum atomic E-state index is 11.6. The summed E-state index contributed by atoms with van der Waals surface area (Å²) in [6, 6.07) is -1.27. The Balaban J connectivity index is 1.08. The quantitative estimate of drug-likeness (QED) is 0.169. The Hall–Kier alpha value is -5.18. The van der Waals surface area contributed by atoms with Gasteiger partial charge in [0.05, 0.1) is 36.3 Å². The number of anilines is 2. The maximum absolute atomic E-state index is 11.6. The second-order valence-corrected chi connectivity index (χ2v) is 11.0. The van der Waals surface area contributed by atoms with E-state index in [2.05, 4.69) is 50.5 Å². The first-order valence-corrected chi connectivity index (χ1v) is 13.8. The minimum absolute atomic E-state index is 0.223. The van der Waals surface area contributed by atoms with E-state index in [0.717, 1.165) is 0 Å². The zero-order valence-corrected chi connectivity index (χ0v) is 22.6. The summed E-state index contributed by atoms with van der Waals surface area (Å²) in [5.74, 6) is 0.446. The van der Waals surface area contributed by atoms with Crippen molar-refractivity contribution < 1.29 is 19.7 Å². The number of hydrogen-bond donors (Lipinski definition) is 4. The van der Waals surface area contributed by atoms with Crippen molar-refractivity contribution in [2.75, 3.05) is 11.5 Å². The van der Waals surface area contributed by atoms with E-state index in [4.69, 9.17) is 20.9 Å². The van der Waals surface area contributed by atoms with Crippen LogP contribution >= 0.6 is 0 Å². The van der Waals surface area contributed by atoms with E-state index in [0.29, 0.717) is 33.7 Å². The van der Waals surface area contributed by atoms with Gasteiger partial charge in [-0.2, -0.15) is 0 Å². The van der Waals surface area contributed by atoms with Crippen molar-refractivity contribution in [1.82, 2.24) is 69.0 Å². The summed E-state index contributed by atoms with van der Waals surface area (Å²) in [6.07, 6.45) is 4.74. The van der Waals surface area contributed by atoms with Crippen molar-refractivity contribution in [1.29, 1.82) is 0 Å². The third-order valence-corrected chi connectivity index (χ3v) is 8.54. The molecular weight excluding hydrogens is 576 g/mol. The van der Waals surface area contributed by atoms with E-state index >= 15 is 0 Å². The van der Waals surface area contributed by atoms with Crippen LogP contribution in [0.15, 0.2) is 37.7 Å². The summed E-state index contributed by atoms with van der Waals surface area (Å²) in [4.78, 5) is 25.2. The molecule has 6 aromatic heterocycles. The van der Waals surface area contributed by atoms with Crippen LogP contribution in [-0.2, 0) is 22.3 Å². The van der Waals surface area contributed by atoms with Crippen molar-refractivity contribution in [3.8, 4) is 0 Å². The Morgan fingerprint density at radius 2 is 1.11 bits per heavy atom. The lowest BCUT2D eigenvalue weighted by Gasteiger charge is -2.21. The smallest absolute Gasteiger partial charge is 0.167 e. The number of fused-ring (bicyclic) bond motifs is 10. The highest BCUT2D eigenvalue weighted by molar-refractivity contribution is 5.81. The molecule has 0 amide bonds. The fourth-order valence-corrected chi connectivity index (χ4v) is 6.54. The topological polar surface area (TPSA) is 260 Å². The Morgan fingerprint density at radius 3 is 1.57 bits per heavy atom. The Kier molecular flexibility index (Phi) is 5.27. The Morgan fingerprint density at radius 1 is 0.659 bits per heavy atom. The summed E-state index contributed by atoms with van der Waals surface area (Å²) >= 11 is 0. The fourth-order valence-electron chi connectivity index (χ4n) is 6.54. The first kappa shape index (κ1) is 25.3. The van der Waals surface area contributed by atoms with Gasteiger partial charge in [0, 0.05) is 25.2 Å². The second-order valence-electron chi connectivity index (χ2n) is 11.0. The van der Waals surface area contributed by atoms with Crippen molar-refractivity contribution in [2.24, 2.45) is 0 Å². The average molecular weight is 601 g/mol. The van der Waals surface area contributed by atoms with Crippen LogP contribution in [0.5, 0.6) is 0 Å². The monoisotopic (exact) mass is 600 g/mol. The van der Waals surface area contributed by atoms with Gasteiger partial charge in [-0.3, -0.25) is 9.13 Å². The molecule has 4 unspecified atom stereocenters. The van der Waals surface area contributed by atoms with Crippen molar-refractivity contribution >= 4 is 34.0 Å². The fraction of sp³-hybridized carbons (Fsp3) is 0.417. The maximum Gasteiger partial charge on any atom is 0.167 e. The lowest BCUT2D eigenvalue weighted by molar-refractivity contribution is -0.0347. The Labute approximate surface area is 245 Å².